The molecule has 2 rings (SSSR count). The fraction of sp³-hybridized carbons (Fsp3) is 0.500. The molecule has 1 aliphatic rings. The first-order chi connectivity index (χ1) is 8.77. The zero-order valence-corrected chi connectivity index (χ0v) is 12.5. The van der Waals surface area contributed by atoms with Crippen molar-refractivity contribution in [3.8, 4) is 0 Å². The number of carbonyl (C=O) groups excluding carboxylic acids is 1. The monoisotopic (exact) mass is 300 g/mol. The molecule has 0 spiro atoms. The van der Waals surface area contributed by atoms with E-state index >= 15 is 0 Å². The quantitative estimate of drug-likeness (QED) is 0.897. The predicted octanol–water partition coefficient (Wildman–Crippen LogP) is 2.37. The fourth-order valence-electron chi connectivity index (χ4n) is 2.12. The Kier molecular flexibility index (Phi) is 7.28. The molecule has 3 N–H and O–H groups in total. The zero-order chi connectivity index (χ0) is 12.8. The molecule has 0 aliphatic carbocycles. The molecule has 1 aromatic carbocycles. The molecule has 1 aliphatic heterocycles. The summed E-state index contributed by atoms with van der Waals surface area (Å²) in [5.41, 5.74) is 6.81. The van der Waals surface area contributed by atoms with Crippen LogP contribution in [0.2, 0.25) is 0 Å². The highest BCUT2D eigenvalue weighted by molar-refractivity contribution is 7.99. The Morgan fingerprint density at radius 1 is 1.32 bits per heavy atom. The summed E-state index contributed by atoms with van der Waals surface area (Å²) >= 11 is 2.00. The van der Waals surface area contributed by atoms with Gasteiger partial charge in [-0.15, -0.1) is 12.4 Å². The van der Waals surface area contributed by atoms with Gasteiger partial charge in [-0.05, 0) is 35.8 Å². The minimum absolute atomic E-state index is 0. The van der Waals surface area contributed by atoms with Crippen molar-refractivity contribution >= 4 is 30.1 Å². The molecule has 19 heavy (non-hydrogen) atoms. The lowest BCUT2D eigenvalue weighted by Crippen LogP contribution is -2.37. The molecule has 5 heteroatoms. The number of hydrogen-bond donors (Lipinski definition) is 2. The van der Waals surface area contributed by atoms with E-state index in [1.165, 1.54) is 24.3 Å². The van der Waals surface area contributed by atoms with Gasteiger partial charge in [-0.2, -0.15) is 11.8 Å². The lowest BCUT2D eigenvalue weighted by molar-refractivity contribution is -0.122. The third-order valence-electron chi connectivity index (χ3n) is 3.35. The van der Waals surface area contributed by atoms with Crippen LogP contribution in [0.15, 0.2) is 30.3 Å². The average Bonchev–Trinajstić information content (AvgIpc) is 2.46. The minimum atomic E-state index is -0.552. The van der Waals surface area contributed by atoms with Gasteiger partial charge in [-0.25, -0.2) is 0 Å². The first-order valence-corrected chi connectivity index (χ1v) is 7.59. The third kappa shape index (κ3) is 5.05. The molecule has 1 aromatic rings. The predicted molar refractivity (Wildman–Crippen MR) is 83.7 cm³/mol. The Balaban J connectivity index is 0.00000180. The molecular formula is C14H21ClN2OS. The van der Waals surface area contributed by atoms with Crippen LogP contribution in [-0.4, -0.2) is 24.0 Å². The van der Waals surface area contributed by atoms with Crippen molar-refractivity contribution in [3.63, 3.8) is 0 Å². The normalized spacial score (nSPS) is 17.3. The molecule has 1 amide bonds. The van der Waals surface area contributed by atoms with E-state index in [1.807, 2.05) is 42.1 Å². The second-order valence-corrected chi connectivity index (χ2v) is 5.91. The molecule has 3 nitrogen and oxygen atoms in total. The molecule has 0 radical (unpaired) electrons. The molecule has 0 bridgehead atoms. The summed E-state index contributed by atoms with van der Waals surface area (Å²) in [5, 5.41) is 2.98. The topological polar surface area (TPSA) is 55.1 Å². The summed E-state index contributed by atoms with van der Waals surface area (Å²) in [6.45, 7) is 0.764. The molecule has 0 aromatic heterocycles. The smallest absolute Gasteiger partial charge is 0.241 e. The number of thioether (sulfide) groups is 1. The van der Waals surface area contributed by atoms with Gasteiger partial charge in [-0.1, -0.05) is 30.3 Å². The second kappa shape index (κ2) is 8.46. The van der Waals surface area contributed by atoms with E-state index in [1.54, 1.807) is 0 Å². The number of carbonyl (C=O) groups is 1. The zero-order valence-electron chi connectivity index (χ0n) is 10.9. The van der Waals surface area contributed by atoms with Gasteiger partial charge in [0.2, 0.25) is 5.91 Å². The highest BCUT2D eigenvalue weighted by Gasteiger charge is 2.18. The number of amides is 1. The molecule has 106 valence electrons. The van der Waals surface area contributed by atoms with E-state index in [-0.39, 0.29) is 18.3 Å². The molecular weight excluding hydrogens is 280 g/mol. The summed E-state index contributed by atoms with van der Waals surface area (Å²) in [6.07, 6.45) is 2.40. The van der Waals surface area contributed by atoms with E-state index in [9.17, 15) is 4.79 Å². The summed E-state index contributed by atoms with van der Waals surface area (Å²) in [4.78, 5) is 11.9. The Bertz CT molecular complexity index is 382. The Hall–Kier alpha value is -0.710. The summed E-state index contributed by atoms with van der Waals surface area (Å²) in [7, 11) is 0. The Morgan fingerprint density at radius 2 is 1.95 bits per heavy atom. The van der Waals surface area contributed by atoms with E-state index in [2.05, 4.69) is 5.32 Å². The van der Waals surface area contributed by atoms with Crippen LogP contribution in [0.5, 0.6) is 0 Å². The maximum atomic E-state index is 11.9. The fourth-order valence-corrected chi connectivity index (χ4v) is 3.32. The van der Waals surface area contributed by atoms with Crippen LogP contribution in [0, 0.1) is 5.92 Å². The lowest BCUT2D eigenvalue weighted by Gasteiger charge is -2.22. The van der Waals surface area contributed by atoms with Gasteiger partial charge >= 0.3 is 0 Å². The van der Waals surface area contributed by atoms with E-state index < -0.39 is 6.04 Å². The third-order valence-corrected chi connectivity index (χ3v) is 4.40. The van der Waals surface area contributed by atoms with Crippen LogP contribution in [0.4, 0.5) is 0 Å². The number of nitrogens with one attached hydrogen (secondary N) is 1. The van der Waals surface area contributed by atoms with Crippen LogP contribution < -0.4 is 11.1 Å². The standard InChI is InChI=1S/C14H20N2OS.ClH/c15-13(12-4-2-1-3-5-12)14(17)16-10-11-6-8-18-9-7-11;/h1-5,11,13H,6-10,15H2,(H,16,17);1H. The van der Waals surface area contributed by atoms with Crippen LogP contribution in [-0.2, 0) is 4.79 Å². The number of halogens is 1. The molecule has 1 heterocycles. The van der Waals surface area contributed by atoms with Crippen molar-refractivity contribution in [1.82, 2.24) is 5.32 Å². The van der Waals surface area contributed by atoms with Crippen LogP contribution in [0.1, 0.15) is 24.4 Å². The second-order valence-electron chi connectivity index (χ2n) is 4.69. The van der Waals surface area contributed by atoms with Crippen molar-refractivity contribution in [2.75, 3.05) is 18.1 Å². The number of hydrogen-bond acceptors (Lipinski definition) is 3. The first-order valence-electron chi connectivity index (χ1n) is 6.43. The van der Waals surface area contributed by atoms with Gasteiger partial charge in [0, 0.05) is 6.54 Å². The van der Waals surface area contributed by atoms with Crippen molar-refractivity contribution in [2.45, 2.75) is 18.9 Å². The van der Waals surface area contributed by atoms with Gasteiger partial charge in [-0.3, -0.25) is 4.79 Å². The summed E-state index contributed by atoms with van der Waals surface area (Å²) < 4.78 is 0. The van der Waals surface area contributed by atoms with Crippen molar-refractivity contribution in [2.24, 2.45) is 11.7 Å². The van der Waals surface area contributed by atoms with Crippen LogP contribution >= 0.6 is 24.2 Å². The maximum absolute atomic E-state index is 11.9. The molecule has 1 saturated heterocycles. The van der Waals surface area contributed by atoms with Gasteiger partial charge in [0.25, 0.3) is 0 Å². The highest BCUT2D eigenvalue weighted by Crippen LogP contribution is 2.22. The van der Waals surface area contributed by atoms with Gasteiger partial charge in [0.15, 0.2) is 0 Å². The van der Waals surface area contributed by atoms with Crippen LogP contribution in [0.3, 0.4) is 0 Å². The SMILES string of the molecule is Cl.NC(C(=O)NCC1CCSCC1)c1ccccc1. The molecule has 1 atom stereocenters. The maximum Gasteiger partial charge on any atom is 0.241 e. The number of nitrogens with two attached hydrogens (primary N) is 1. The van der Waals surface area contributed by atoms with E-state index in [4.69, 9.17) is 5.73 Å². The van der Waals surface area contributed by atoms with E-state index in [0.29, 0.717) is 5.92 Å². The van der Waals surface area contributed by atoms with Gasteiger partial charge < -0.3 is 11.1 Å². The first kappa shape index (κ1) is 16.3. The number of benzene rings is 1. The minimum Gasteiger partial charge on any atom is -0.354 e. The van der Waals surface area contributed by atoms with Crippen molar-refractivity contribution in [3.05, 3.63) is 35.9 Å². The van der Waals surface area contributed by atoms with E-state index in [0.717, 1.165) is 12.1 Å². The van der Waals surface area contributed by atoms with Crippen molar-refractivity contribution in [1.29, 1.82) is 0 Å². The van der Waals surface area contributed by atoms with Gasteiger partial charge in [0.05, 0.1) is 0 Å². The lowest BCUT2D eigenvalue weighted by atomic mass is 10.0. The molecule has 1 fully saturated rings. The largest absolute Gasteiger partial charge is 0.354 e. The Morgan fingerprint density at radius 3 is 2.58 bits per heavy atom. The Labute approximate surface area is 125 Å². The molecule has 0 saturated carbocycles. The van der Waals surface area contributed by atoms with Gasteiger partial charge in [0.1, 0.15) is 6.04 Å². The van der Waals surface area contributed by atoms with Crippen LogP contribution in [0.25, 0.3) is 0 Å². The average molecular weight is 301 g/mol. The highest BCUT2D eigenvalue weighted by atomic mass is 35.5. The van der Waals surface area contributed by atoms with Crippen molar-refractivity contribution < 1.29 is 4.79 Å². The number of rotatable bonds is 4. The summed E-state index contributed by atoms with van der Waals surface area (Å²) in [5.74, 6) is 2.98. The summed E-state index contributed by atoms with van der Waals surface area (Å²) in [6, 6.07) is 8.96. The molecule has 1 unspecified atom stereocenters.